The van der Waals surface area contributed by atoms with Gasteiger partial charge in [-0.2, -0.15) is 0 Å². The van der Waals surface area contributed by atoms with Crippen molar-refractivity contribution in [2.75, 3.05) is 19.6 Å². The molecule has 3 nitrogen and oxygen atoms in total. The zero-order valence-corrected chi connectivity index (χ0v) is 12.1. The molecule has 104 valence electrons. The van der Waals surface area contributed by atoms with E-state index in [4.69, 9.17) is 10.2 Å². The highest BCUT2D eigenvalue weighted by Gasteiger charge is 2.23. The monoisotopic (exact) mass is 260 g/mol. The minimum absolute atomic E-state index is 0.244. The Morgan fingerprint density at radius 3 is 2.63 bits per heavy atom. The van der Waals surface area contributed by atoms with Gasteiger partial charge in [-0.05, 0) is 32.5 Å². The van der Waals surface area contributed by atoms with Crippen molar-refractivity contribution in [3.05, 3.63) is 35.6 Å². The quantitative estimate of drug-likeness (QED) is 0.864. The molecule has 0 saturated carbocycles. The Morgan fingerprint density at radius 2 is 2.00 bits per heavy atom. The lowest BCUT2D eigenvalue weighted by Crippen LogP contribution is -2.34. The molecule has 0 bridgehead atoms. The van der Waals surface area contributed by atoms with Gasteiger partial charge >= 0.3 is 0 Å². The van der Waals surface area contributed by atoms with Crippen LogP contribution >= 0.6 is 0 Å². The molecule has 3 heteroatoms. The fraction of sp³-hybridized carbons (Fsp3) is 0.500. The van der Waals surface area contributed by atoms with Crippen LogP contribution in [0.25, 0.3) is 11.0 Å². The molecule has 1 unspecified atom stereocenters. The summed E-state index contributed by atoms with van der Waals surface area (Å²) in [6, 6.07) is 8.47. The molecule has 0 radical (unpaired) electrons. The van der Waals surface area contributed by atoms with E-state index in [0.29, 0.717) is 6.54 Å². The van der Waals surface area contributed by atoms with E-state index < -0.39 is 0 Å². The van der Waals surface area contributed by atoms with Crippen molar-refractivity contribution in [2.24, 2.45) is 5.73 Å². The summed E-state index contributed by atoms with van der Waals surface area (Å²) in [6.07, 6.45) is 1.14. The molecule has 2 aromatic rings. The summed E-state index contributed by atoms with van der Waals surface area (Å²) >= 11 is 0. The number of hydrogen-bond donors (Lipinski definition) is 1. The molecule has 2 rings (SSSR count). The lowest BCUT2D eigenvalue weighted by Gasteiger charge is -2.29. The molecular formula is C16H24N2O. The molecule has 1 aromatic carbocycles. The zero-order chi connectivity index (χ0) is 13.8. The number of benzene rings is 1. The van der Waals surface area contributed by atoms with Gasteiger partial charge < -0.3 is 10.2 Å². The first-order chi connectivity index (χ1) is 9.22. The standard InChI is InChI=1S/C16H24N2O/c1-4-10-18(5-2)14(11-17)16-12(3)19-15-9-7-6-8-13(15)16/h6-9,14H,4-5,10-11,17H2,1-3H3. The van der Waals surface area contributed by atoms with Crippen LogP contribution in [-0.4, -0.2) is 24.5 Å². The minimum atomic E-state index is 0.244. The minimum Gasteiger partial charge on any atom is -0.461 e. The maximum atomic E-state index is 6.05. The van der Waals surface area contributed by atoms with E-state index in [-0.39, 0.29) is 6.04 Å². The Morgan fingerprint density at radius 1 is 1.26 bits per heavy atom. The number of nitrogens with two attached hydrogens (primary N) is 1. The molecule has 0 spiro atoms. The second kappa shape index (κ2) is 6.22. The molecule has 0 amide bonds. The molecule has 2 N–H and O–H groups in total. The van der Waals surface area contributed by atoms with Crippen molar-refractivity contribution in [3.8, 4) is 0 Å². The van der Waals surface area contributed by atoms with Crippen LogP contribution in [-0.2, 0) is 0 Å². The van der Waals surface area contributed by atoms with Crippen LogP contribution in [0.1, 0.15) is 37.6 Å². The largest absolute Gasteiger partial charge is 0.461 e. The Labute approximate surface area is 115 Å². The lowest BCUT2D eigenvalue weighted by molar-refractivity contribution is 0.212. The summed E-state index contributed by atoms with van der Waals surface area (Å²) in [5.41, 5.74) is 8.26. The molecule has 1 heterocycles. The summed E-state index contributed by atoms with van der Waals surface area (Å²) in [6.45, 7) is 9.13. The predicted molar refractivity (Wildman–Crippen MR) is 80.3 cm³/mol. The number of rotatable bonds is 6. The second-order valence-corrected chi connectivity index (χ2v) is 4.95. The van der Waals surface area contributed by atoms with Gasteiger partial charge in [0.25, 0.3) is 0 Å². The summed E-state index contributed by atoms with van der Waals surface area (Å²) in [7, 11) is 0. The maximum Gasteiger partial charge on any atom is 0.134 e. The van der Waals surface area contributed by atoms with Gasteiger partial charge in [0.15, 0.2) is 0 Å². The Hall–Kier alpha value is -1.32. The van der Waals surface area contributed by atoms with Crippen LogP contribution in [0, 0.1) is 6.92 Å². The first-order valence-corrected chi connectivity index (χ1v) is 7.15. The highest BCUT2D eigenvalue weighted by atomic mass is 16.3. The molecular weight excluding hydrogens is 236 g/mol. The Balaban J connectivity index is 2.47. The number of hydrogen-bond acceptors (Lipinski definition) is 3. The zero-order valence-electron chi connectivity index (χ0n) is 12.1. The van der Waals surface area contributed by atoms with Crippen molar-refractivity contribution in [1.82, 2.24) is 4.90 Å². The summed E-state index contributed by atoms with van der Waals surface area (Å²) < 4.78 is 5.87. The third kappa shape index (κ3) is 2.67. The molecule has 1 atom stereocenters. The molecule has 0 fully saturated rings. The maximum absolute atomic E-state index is 6.05. The molecule has 0 aliphatic heterocycles. The van der Waals surface area contributed by atoms with Gasteiger partial charge in [-0.1, -0.05) is 32.0 Å². The second-order valence-electron chi connectivity index (χ2n) is 4.95. The van der Waals surface area contributed by atoms with E-state index in [1.54, 1.807) is 0 Å². The number of fused-ring (bicyclic) bond motifs is 1. The van der Waals surface area contributed by atoms with Gasteiger partial charge in [-0.15, -0.1) is 0 Å². The van der Waals surface area contributed by atoms with E-state index in [1.807, 2.05) is 19.1 Å². The summed E-state index contributed by atoms with van der Waals surface area (Å²) in [5, 5.41) is 1.20. The van der Waals surface area contributed by atoms with E-state index in [1.165, 1.54) is 10.9 Å². The third-order valence-corrected chi connectivity index (χ3v) is 3.73. The average molecular weight is 260 g/mol. The first kappa shape index (κ1) is 14.1. The van der Waals surface area contributed by atoms with Crippen molar-refractivity contribution >= 4 is 11.0 Å². The predicted octanol–water partition coefficient (Wildman–Crippen LogP) is 3.47. The van der Waals surface area contributed by atoms with Gasteiger partial charge in [-0.25, -0.2) is 0 Å². The molecule has 0 aliphatic carbocycles. The van der Waals surface area contributed by atoms with Crippen molar-refractivity contribution in [1.29, 1.82) is 0 Å². The van der Waals surface area contributed by atoms with E-state index in [2.05, 4.69) is 30.9 Å². The van der Waals surface area contributed by atoms with Crippen LogP contribution in [0.5, 0.6) is 0 Å². The number of para-hydroxylation sites is 1. The van der Waals surface area contributed by atoms with Crippen molar-refractivity contribution in [3.63, 3.8) is 0 Å². The molecule has 0 saturated heterocycles. The first-order valence-electron chi connectivity index (χ1n) is 7.15. The SMILES string of the molecule is CCCN(CC)C(CN)c1c(C)oc2ccccc12. The van der Waals surface area contributed by atoms with Gasteiger partial charge in [0.2, 0.25) is 0 Å². The van der Waals surface area contributed by atoms with Crippen LogP contribution in [0.2, 0.25) is 0 Å². The Bertz CT molecular complexity index is 533. The van der Waals surface area contributed by atoms with Gasteiger partial charge in [0, 0.05) is 17.5 Å². The van der Waals surface area contributed by atoms with Crippen LogP contribution in [0.15, 0.2) is 28.7 Å². The third-order valence-electron chi connectivity index (χ3n) is 3.73. The highest BCUT2D eigenvalue weighted by Crippen LogP contribution is 2.33. The highest BCUT2D eigenvalue weighted by molar-refractivity contribution is 5.82. The number of furan rings is 1. The van der Waals surface area contributed by atoms with Gasteiger partial charge in [-0.3, -0.25) is 4.90 Å². The van der Waals surface area contributed by atoms with Crippen molar-refractivity contribution < 1.29 is 4.42 Å². The van der Waals surface area contributed by atoms with Crippen LogP contribution in [0.3, 0.4) is 0 Å². The van der Waals surface area contributed by atoms with E-state index in [9.17, 15) is 0 Å². The van der Waals surface area contributed by atoms with Crippen LogP contribution in [0.4, 0.5) is 0 Å². The topological polar surface area (TPSA) is 42.4 Å². The summed E-state index contributed by atoms with van der Waals surface area (Å²) in [5.74, 6) is 0.992. The Kier molecular flexibility index (Phi) is 4.61. The van der Waals surface area contributed by atoms with Crippen LogP contribution < -0.4 is 5.73 Å². The number of nitrogens with zero attached hydrogens (tertiary/aromatic N) is 1. The smallest absolute Gasteiger partial charge is 0.134 e. The molecule has 1 aromatic heterocycles. The average Bonchev–Trinajstić information content (AvgIpc) is 2.75. The molecule has 19 heavy (non-hydrogen) atoms. The van der Waals surface area contributed by atoms with Crippen molar-refractivity contribution in [2.45, 2.75) is 33.2 Å². The fourth-order valence-corrected chi connectivity index (χ4v) is 2.87. The summed E-state index contributed by atoms with van der Waals surface area (Å²) in [4.78, 5) is 2.43. The van der Waals surface area contributed by atoms with E-state index in [0.717, 1.165) is 30.9 Å². The molecule has 0 aliphatic rings. The number of aryl methyl sites for hydroxylation is 1. The van der Waals surface area contributed by atoms with E-state index >= 15 is 0 Å². The lowest BCUT2D eigenvalue weighted by atomic mass is 10.0. The van der Waals surface area contributed by atoms with Gasteiger partial charge in [0.05, 0.1) is 6.04 Å². The normalized spacial score (nSPS) is 13.3. The van der Waals surface area contributed by atoms with Gasteiger partial charge in [0.1, 0.15) is 11.3 Å². The fourth-order valence-electron chi connectivity index (χ4n) is 2.87. The number of likely N-dealkylation sites (N-methyl/N-ethyl adjacent to an activating group) is 1.